The number of rotatable bonds is 6. The van der Waals surface area contributed by atoms with Crippen LogP contribution in [0.25, 0.3) is 0 Å². The first-order valence-electron chi connectivity index (χ1n) is 7.33. The lowest BCUT2D eigenvalue weighted by molar-refractivity contribution is -0.128. The molecule has 1 unspecified atom stereocenters. The molecule has 0 bridgehead atoms. The standard InChI is InChI=1S/C14H28N4O2.HI/c1-5-15-13(16-9-7-12(19)18(3)4)17-11-14(2)8-6-10-20-14;/h5-11H2,1-4H3,(H2,15,16,17);1H. The molecule has 6 nitrogen and oxygen atoms in total. The number of nitrogens with one attached hydrogen (secondary N) is 2. The molecule has 1 amide bonds. The van der Waals surface area contributed by atoms with Crippen molar-refractivity contribution in [2.75, 3.05) is 40.3 Å². The highest BCUT2D eigenvalue weighted by atomic mass is 127. The summed E-state index contributed by atoms with van der Waals surface area (Å²) in [5, 5.41) is 6.37. The summed E-state index contributed by atoms with van der Waals surface area (Å²) >= 11 is 0. The molecular weight excluding hydrogens is 383 g/mol. The second kappa shape index (κ2) is 10.2. The lowest BCUT2D eigenvalue weighted by atomic mass is 10.0. The molecule has 0 saturated carbocycles. The molecule has 1 rings (SSSR count). The largest absolute Gasteiger partial charge is 0.373 e. The Morgan fingerprint density at radius 3 is 2.62 bits per heavy atom. The van der Waals surface area contributed by atoms with Gasteiger partial charge in [-0.05, 0) is 26.7 Å². The molecule has 7 heteroatoms. The van der Waals surface area contributed by atoms with Crippen LogP contribution in [0.5, 0.6) is 0 Å². The fourth-order valence-electron chi connectivity index (χ4n) is 2.06. The van der Waals surface area contributed by atoms with Crippen LogP contribution in [0.3, 0.4) is 0 Å². The van der Waals surface area contributed by atoms with Crippen LogP contribution in [0, 0.1) is 0 Å². The number of halogens is 1. The molecule has 1 atom stereocenters. The molecule has 124 valence electrons. The number of hydrogen-bond donors (Lipinski definition) is 2. The number of hydrogen-bond acceptors (Lipinski definition) is 3. The molecule has 0 aromatic rings. The van der Waals surface area contributed by atoms with E-state index in [-0.39, 0.29) is 35.5 Å². The van der Waals surface area contributed by atoms with Gasteiger partial charge in [0.15, 0.2) is 5.96 Å². The van der Waals surface area contributed by atoms with Gasteiger partial charge in [0.2, 0.25) is 5.91 Å². The Kier molecular flexibility index (Phi) is 9.93. The van der Waals surface area contributed by atoms with E-state index in [0.29, 0.717) is 19.5 Å². The van der Waals surface area contributed by atoms with E-state index in [2.05, 4.69) is 22.5 Å². The van der Waals surface area contributed by atoms with Crippen molar-refractivity contribution in [2.24, 2.45) is 4.99 Å². The number of aliphatic imine (C=N–C) groups is 1. The first-order valence-corrected chi connectivity index (χ1v) is 7.33. The molecule has 2 N–H and O–H groups in total. The number of nitrogens with zero attached hydrogens (tertiary/aromatic N) is 2. The van der Waals surface area contributed by atoms with Crippen molar-refractivity contribution in [3.05, 3.63) is 0 Å². The molecule has 1 aliphatic rings. The van der Waals surface area contributed by atoms with Crippen molar-refractivity contribution >= 4 is 35.8 Å². The molecule has 1 fully saturated rings. The Labute approximate surface area is 145 Å². The Hall–Kier alpha value is -0.570. The fourth-order valence-corrected chi connectivity index (χ4v) is 2.06. The molecule has 0 radical (unpaired) electrons. The number of carbonyl (C=O) groups excluding carboxylic acids is 1. The Morgan fingerprint density at radius 2 is 2.10 bits per heavy atom. The van der Waals surface area contributed by atoms with Crippen molar-refractivity contribution in [1.82, 2.24) is 15.5 Å². The topological polar surface area (TPSA) is 66.0 Å². The second-order valence-corrected chi connectivity index (χ2v) is 5.56. The molecule has 1 aliphatic heterocycles. The van der Waals surface area contributed by atoms with Crippen LogP contribution in [-0.4, -0.2) is 62.7 Å². The summed E-state index contributed by atoms with van der Waals surface area (Å²) in [6.07, 6.45) is 2.62. The van der Waals surface area contributed by atoms with E-state index in [0.717, 1.165) is 32.0 Å². The molecule has 21 heavy (non-hydrogen) atoms. The van der Waals surface area contributed by atoms with Crippen LogP contribution in [0.4, 0.5) is 0 Å². The van der Waals surface area contributed by atoms with Gasteiger partial charge in [0.25, 0.3) is 0 Å². The summed E-state index contributed by atoms with van der Waals surface area (Å²) in [5.74, 6) is 0.857. The maximum absolute atomic E-state index is 11.5. The van der Waals surface area contributed by atoms with Crippen molar-refractivity contribution in [1.29, 1.82) is 0 Å². The van der Waals surface area contributed by atoms with Crippen LogP contribution in [0.1, 0.15) is 33.1 Å². The summed E-state index contributed by atoms with van der Waals surface area (Å²) in [6, 6.07) is 0. The van der Waals surface area contributed by atoms with Crippen LogP contribution >= 0.6 is 24.0 Å². The predicted molar refractivity (Wildman–Crippen MR) is 96.3 cm³/mol. The van der Waals surface area contributed by atoms with E-state index in [9.17, 15) is 4.79 Å². The van der Waals surface area contributed by atoms with E-state index in [1.54, 1.807) is 19.0 Å². The van der Waals surface area contributed by atoms with Crippen LogP contribution < -0.4 is 10.6 Å². The highest BCUT2D eigenvalue weighted by Crippen LogP contribution is 2.24. The minimum atomic E-state index is -0.137. The quantitative estimate of drug-likeness (QED) is 0.391. The predicted octanol–water partition coefficient (Wildman–Crippen LogP) is 1.21. The zero-order valence-electron chi connectivity index (χ0n) is 13.6. The number of guanidine groups is 1. The molecule has 0 aromatic heterocycles. The smallest absolute Gasteiger partial charge is 0.223 e. The van der Waals surface area contributed by atoms with Gasteiger partial charge in [-0.3, -0.25) is 9.79 Å². The summed E-state index contributed by atoms with van der Waals surface area (Å²) < 4.78 is 5.72. The fraction of sp³-hybridized carbons (Fsp3) is 0.857. The Bertz CT molecular complexity index is 342. The molecule has 1 saturated heterocycles. The van der Waals surface area contributed by atoms with Crippen molar-refractivity contribution in [2.45, 2.75) is 38.7 Å². The third-order valence-electron chi connectivity index (χ3n) is 3.35. The van der Waals surface area contributed by atoms with E-state index in [4.69, 9.17) is 4.74 Å². The first-order chi connectivity index (χ1) is 9.47. The van der Waals surface area contributed by atoms with Crippen LogP contribution in [-0.2, 0) is 9.53 Å². The molecule has 0 aromatic carbocycles. The van der Waals surface area contributed by atoms with Gasteiger partial charge in [-0.25, -0.2) is 0 Å². The van der Waals surface area contributed by atoms with Gasteiger partial charge < -0.3 is 20.3 Å². The highest BCUT2D eigenvalue weighted by molar-refractivity contribution is 14.0. The van der Waals surface area contributed by atoms with Crippen molar-refractivity contribution < 1.29 is 9.53 Å². The average molecular weight is 412 g/mol. The van der Waals surface area contributed by atoms with Gasteiger partial charge in [-0.15, -0.1) is 24.0 Å². The minimum absolute atomic E-state index is 0. The summed E-state index contributed by atoms with van der Waals surface area (Å²) in [6.45, 7) is 6.97. The van der Waals surface area contributed by atoms with Gasteiger partial charge >= 0.3 is 0 Å². The third-order valence-corrected chi connectivity index (χ3v) is 3.35. The highest BCUT2D eigenvalue weighted by Gasteiger charge is 2.29. The first kappa shape index (κ1) is 20.4. The SMILES string of the molecule is CCNC(=NCC1(C)CCCO1)NCCC(=O)N(C)C.I. The Balaban J connectivity index is 0.00000400. The van der Waals surface area contributed by atoms with Gasteiger partial charge in [0, 0.05) is 40.2 Å². The second-order valence-electron chi connectivity index (χ2n) is 5.56. The van der Waals surface area contributed by atoms with Gasteiger partial charge in [-0.2, -0.15) is 0 Å². The summed E-state index contributed by atoms with van der Waals surface area (Å²) in [5.41, 5.74) is -0.137. The minimum Gasteiger partial charge on any atom is -0.373 e. The molecule has 1 heterocycles. The maximum atomic E-state index is 11.5. The Morgan fingerprint density at radius 1 is 1.38 bits per heavy atom. The zero-order chi connectivity index (χ0) is 15.0. The maximum Gasteiger partial charge on any atom is 0.223 e. The number of amides is 1. The van der Waals surface area contributed by atoms with Crippen LogP contribution in [0.15, 0.2) is 4.99 Å². The van der Waals surface area contributed by atoms with Gasteiger partial charge in [0.1, 0.15) is 0 Å². The van der Waals surface area contributed by atoms with Crippen molar-refractivity contribution in [3.63, 3.8) is 0 Å². The number of carbonyl (C=O) groups is 1. The molecule has 0 spiro atoms. The van der Waals surface area contributed by atoms with Crippen molar-refractivity contribution in [3.8, 4) is 0 Å². The summed E-state index contributed by atoms with van der Waals surface area (Å²) in [7, 11) is 3.53. The van der Waals surface area contributed by atoms with E-state index < -0.39 is 0 Å². The third kappa shape index (κ3) is 7.85. The molecule has 0 aliphatic carbocycles. The van der Waals surface area contributed by atoms with Gasteiger partial charge in [0.05, 0.1) is 12.1 Å². The van der Waals surface area contributed by atoms with E-state index in [1.165, 1.54) is 0 Å². The van der Waals surface area contributed by atoms with Gasteiger partial charge in [-0.1, -0.05) is 0 Å². The van der Waals surface area contributed by atoms with E-state index in [1.807, 2.05) is 6.92 Å². The average Bonchev–Trinajstić information content (AvgIpc) is 2.83. The lowest BCUT2D eigenvalue weighted by Gasteiger charge is -2.21. The zero-order valence-corrected chi connectivity index (χ0v) is 15.9. The summed E-state index contributed by atoms with van der Waals surface area (Å²) in [4.78, 5) is 17.7. The lowest BCUT2D eigenvalue weighted by Crippen LogP contribution is -2.40. The monoisotopic (exact) mass is 412 g/mol. The molecular formula is C14H29IN4O2. The number of ether oxygens (including phenoxy) is 1. The van der Waals surface area contributed by atoms with Crippen LogP contribution in [0.2, 0.25) is 0 Å². The normalized spacial score (nSPS) is 21.6. The van der Waals surface area contributed by atoms with E-state index >= 15 is 0 Å².